The Morgan fingerprint density at radius 1 is 1.39 bits per heavy atom. The number of nitrogens with two attached hydrogens (primary N) is 1. The highest BCUT2D eigenvalue weighted by atomic mass is 32.2. The number of amides is 1. The van der Waals surface area contributed by atoms with E-state index in [4.69, 9.17) is 10.6 Å². The molecule has 1 aromatic carbocycles. The van der Waals surface area contributed by atoms with Gasteiger partial charge in [-0.2, -0.15) is 0 Å². The van der Waals surface area contributed by atoms with Gasteiger partial charge in [-0.15, -0.1) is 11.3 Å². The van der Waals surface area contributed by atoms with Gasteiger partial charge in [-0.3, -0.25) is 9.59 Å². The molecule has 1 atom stereocenters. The first-order chi connectivity index (χ1) is 13.6. The minimum Gasteiger partial charge on any atom is -0.376 e. The van der Waals surface area contributed by atoms with Crippen LogP contribution in [0.15, 0.2) is 45.7 Å². The fourth-order valence-electron chi connectivity index (χ4n) is 3.13. The summed E-state index contributed by atoms with van der Waals surface area (Å²) in [5, 5.41) is 5.60. The highest BCUT2D eigenvalue weighted by molar-refractivity contribution is 7.99. The third kappa shape index (κ3) is 3.91. The molecule has 0 unspecified atom stereocenters. The van der Waals surface area contributed by atoms with Crippen LogP contribution in [-0.2, 0) is 9.53 Å². The van der Waals surface area contributed by atoms with Crippen LogP contribution in [0.1, 0.15) is 12.8 Å². The van der Waals surface area contributed by atoms with E-state index in [1.165, 1.54) is 11.3 Å². The summed E-state index contributed by atoms with van der Waals surface area (Å²) < 4.78 is 6.52. The summed E-state index contributed by atoms with van der Waals surface area (Å²) in [5.74, 6) is 5.99. The van der Waals surface area contributed by atoms with Crippen LogP contribution >= 0.6 is 23.1 Å². The van der Waals surface area contributed by atoms with E-state index in [0.717, 1.165) is 47.0 Å². The van der Waals surface area contributed by atoms with Crippen molar-refractivity contribution in [3.63, 3.8) is 0 Å². The van der Waals surface area contributed by atoms with Crippen LogP contribution in [0.4, 0.5) is 0 Å². The molecular formula is C19H20N4O3S2. The molecule has 0 bridgehead atoms. The minimum absolute atomic E-state index is 0.0960. The highest BCUT2D eigenvalue weighted by Crippen LogP contribution is 2.31. The number of benzene rings is 1. The summed E-state index contributed by atoms with van der Waals surface area (Å²) in [6.45, 7) is 1.26. The van der Waals surface area contributed by atoms with E-state index in [9.17, 15) is 9.59 Å². The Balaban J connectivity index is 1.50. The van der Waals surface area contributed by atoms with Crippen molar-refractivity contribution in [2.45, 2.75) is 24.1 Å². The van der Waals surface area contributed by atoms with E-state index in [1.807, 2.05) is 35.7 Å². The molecule has 3 N–H and O–H groups in total. The first-order valence-electron chi connectivity index (χ1n) is 8.99. The topological polar surface area (TPSA) is 99.2 Å². The molecule has 1 aliphatic rings. The van der Waals surface area contributed by atoms with Crippen molar-refractivity contribution in [1.82, 2.24) is 15.0 Å². The predicted octanol–water partition coefficient (Wildman–Crippen LogP) is 2.23. The molecule has 0 radical (unpaired) electrons. The molecule has 9 heteroatoms. The van der Waals surface area contributed by atoms with Gasteiger partial charge in [0.25, 0.3) is 5.56 Å². The van der Waals surface area contributed by atoms with E-state index < -0.39 is 0 Å². The average Bonchev–Trinajstić information content (AvgIpc) is 3.38. The van der Waals surface area contributed by atoms with Gasteiger partial charge >= 0.3 is 0 Å². The number of thioether (sulfide) groups is 1. The second-order valence-electron chi connectivity index (χ2n) is 6.49. The Labute approximate surface area is 169 Å². The van der Waals surface area contributed by atoms with Crippen LogP contribution < -0.4 is 16.7 Å². The van der Waals surface area contributed by atoms with Gasteiger partial charge in [0, 0.05) is 24.1 Å². The lowest BCUT2D eigenvalue weighted by atomic mass is 10.1. The van der Waals surface area contributed by atoms with Crippen LogP contribution in [-0.4, -0.2) is 40.6 Å². The smallest absolute Gasteiger partial charge is 0.282 e. The molecule has 0 saturated carbocycles. The van der Waals surface area contributed by atoms with Crippen molar-refractivity contribution in [1.29, 1.82) is 0 Å². The van der Waals surface area contributed by atoms with Crippen molar-refractivity contribution in [2.24, 2.45) is 0 Å². The van der Waals surface area contributed by atoms with Gasteiger partial charge in [0.15, 0.2) is 5.16 Å². The van der Waals surface area contributed by atoms with Crippen molar-refractivity contribution >= 4 is 39.2 Å². The third-order valence-electron chi connectivity index (χ3n) is 4.58. The summed E-state index contributed by atoms with van der Waals surface area (Å²) in [7, 11) is 0. The van der Waals surface area contributed by atoms with Crippen molar-refractivity contribution < 1.29 is 9.53 Å². The first kappa shape index (κ1) is 19.0. The maximum absolute atomic E-state index is 12.8. The van der Waals surface area contributed by atoms with Gasteiger partial charge in [-0.25, -0.2) is 9.66 Å². The van der Waals surface area contributed by atoms with Gasteiger partial charge in [0.1, 0.15) is 4.83 Å². The van der Waals surface area contributed by atoms with E-state index >= 15 is 0 Å². The van der Waals surface area contributed by atoms with Crippen molar-refractivity contribution in [3.05, 3.63) is 46.1 Å². The van der Waals surface area contributed by atoms with Crippen LogP contribution in [0, 0.1) is 0 Å². The number of fused-ring (bicyclic) bond motifs is 1. The maximum Gasteiger partial charge on any atom is 0.282 e. The number of aromatic nitrogens is 2. The number of nitrogen functional groups attached to an aromatic ring is 1. The fourth-order valence-corrected chi connectivity index (χ4v) is 4.87. The Morgan fingerprint density at radius 3 is 2.96 bits per heavy atom. The minimum atomic E-state index is -0.313. The van der Waals surface area contributed by atoms with Crippen LogP contribution in [0.5, 0.6) is 0 Å². The molecule has 1 aliphatic heterocycles. The summed E-state index contributed by atoms with van der Waals surface area (Å²) >= 11 is 2.55. The standard InChI is InChI=1S/C19H20N4O3S2/c20-23-18(25)16-14(12-5-2-1-3-6-12)10-27-17(16)22-19(23)28-11-15(24)21-9-13-7-4-8-26-13/h1-3,5-6,10,13H,4,7-9,11,20H2,(H,21,24)/t13-/m1/s1. The molecular weight excluding hydrogens is 396 g/mol. The van der Waals surface area contributed by atoms with Crippen LogP contribution in [0.25, 0.3) is 21.3 Å². The molecule has 1 saturated heterocycles. The number of thiophene rings is 1. The van der Waals surface area contributed by atoms with Crippen molar-refractivity contribution in [2.75, 3.05) is 24.7 Å². The van der Waals surface area contributed by atoms with Gasteiger partial charge in [0.05, 0.1) is 17.2 Å². The number of nitrogens with zero attached hydrogens (tertiary/aromatic N) is 2. The van der Waals surface area contributed by atoms with Gasteiger partial charge < -0.3 is 15.9 Å². The molecule has 3 heterocycles. The van der Waals surface area contributed by atoms with Gasteiger partial charge in [0.2, 0.25) is 5.91 Å². The number of nitrogens with one attached hydrogen (secondary N) is 1. The van der Waals surface area contributed by atoms with E-state index in [1.54, 1.807) is 0 Å². The summed E-state index contributed by atoms with van der Waals surface area (Å²) in [6.07, 6.45) is 2.10. The zero-order valence-electron chi connectivity index (χ0n) is 15.1. The molecule has 0 spiro atoms. The van der Waals surface area contributed by atoms with Crippen LogP contribution in [0.2, 0.25) is 0 Å². The number of hydrogen-bond acceptors (Lipinski definition) is 7. The zero-order valence-corrected chi connectivity index (χ0v) is 16.7. The molecule has 3 aromatic rings. The van der Waals surface area contributed by atoms with Gasteiger partial charge in [-0.05, 0) is 18.4 Å². The molecule has 28 heavy (non-hydrogen) atoms. The Hall–Kier alpha value is -2.36. The lowest BCUT2D eigenvalue weighted by Gasteiger charge is -2.11. The fraction of sp³-hybridized carbons (Fsp3) is 0.316. The molecule has 7 nitrogen and oxygen atoms in total. The van der Waals surface area contributed by atoms with Crippen molar-refractivity contribution in [3.8, 4) is 11.1 Å². The van der Waals surface area contributed by atoms with E-state index in [0.29, 0.717) is 21.9 Å². The lowest BCUT2D eigenvalue weighted by molar-refractivity contribution is -0.119. The van der Waals surface area contributed by atoms with Crippen LogP contribution in [0.3, 0.4) is 0 Å². The summed E-state index contributed by atoms with van der Waals surface area (Å²) in [6, 6.07) is 9.67. The highest BCUT2D eigenvalue weighted by Gasteiger charge is 2.18. The summed E-state index contributed by atoms with van der Waals surface area (Å²) in [4.78, 5) is 30.0. The average molecular weight is 417 g/mol. The zero-order chi connectivity index (χ0) is 19.5. The SMILES string of the molecule is Nn1c(SCC(=O)NC[C@H]2CCCO2)nc2scc(-c3ccccc3)c2c1=O. The molecule has 146 valence electrons. The Morgan fingerprint density at radius 2 is 2.21 bits per heavy atom. The molecule has 1 amide bonds. The monoisotopic (exact) mass is 416 g/mol. The third-order valence-corrected chi connectivity index (χ3v) is 6.40. The number of rotatable bonds is 6. The lowest BCUT2D eigenvalue weighted by Crippen LogP contribution is -2.34. The van der Waals surface area contributed by atoms with E-state index in [2.05, 4.69) is 10.3 Å². The Bertz CT molecular complexity index is 1040. The number of carbonyl (C=O) groups is 1. The quantitative estimate of drug-likeness (QED) is 0.363. The molecule has 2 aromatic heterocycles. The first-order valence-corrected chi connectivity index (χ1v) is 10.9. The largest absolute Gasteiger partial charge is 0.376 e. The normalized spacial score (nSPS) is 16.5. The number of ether oxygens (including phenoxy) is 1. The molecule has 0 aliphatic carbocycles. The number of hydrogen-bond donors (Lipinski definition) is 2. The molecule has 1 fully saturated rings. The van der Waals surface area contributed by atoms with E-state index in [-0.39, 0.29) is 23.3 Å². The summed E-state index contributed by atoms with van der Waals surface area (Å²) in [5.41, 5.74) is 1.46. The maximum atomic E-state index is 12.8. The second-order valence-corrected chi connectivity index (χ2v) is 8.29. The molecule has 4 rings (SSSR count). The van der Waals surface area contributed by atoms with Gasteiger partial charge in [-0.1, -0.05) is 42.1 Å². The second kappa shape index (κ2) is 8.34. The Kier molecular flexibility index (Phi) is 5.65. The number of carbonyl (C=O) groups excluding carboxylic acids is 1. The predicted molar refractivity (Wildman–Crippen MR) is 112 cm³/mol.